The highest BCUT2D eigenvalue weighted by molar-refractivity contribution is 7.88. The molecule has 1 N–H and O–H groups in total. The zero-order valence-electron chi connectivity index (χ0n) is 15.5. The van der Waals surface area contributed by atoms with E-state index in [0.717, 1.165) is 5.56 Å². The van der Waals surface area contributed by atoms with Gasteiger partial charge >= 0.3 is 0 Å². The van der Waals surface area contributed by atoms with Crippen LogP contribution >= 0.6 is 23.2 Å². The number of hydrogen-bond acceptors (Lipinski definition) is 3. The molecular formula is C20H22Cl2N2O3S. The second kappa shape index (κ2) is 8.82. The van der Waals surface area contributed by atoms with Gasteiger partial charge in [-0.2, -0.15) is 0 Å². The first-order chi connectivity index (χ1) is 13.3. The van der Waals surface area contributed by atoms with Gasteiger partial charge in [-0.25, -0.2) is 12.7 Å². The average Bonchev–Trinajstić information content (AvgIpc) is 2.65. The quantitative estimate of drug-likeness (QED) is 0.744. The summed E-state index contributed by atoms with van der Waals surface area (Å²) in [6.45, 7) is 2.49. The topological polar surface area (TPSA) is 66.5 Å². The zero-order chi connectivity index (χ0) is 20.3. The summed E-state index contributed by atoms with van der Waals surface area (Å²) in [5.41, 5.74) is 2.15. The van der Waals surface area contributed by atoms with Crippen molar-refractivity contribution in [2.75, 3.05) is 18.4 Å². The number of aryl methyl sites for hydroxylation is 1. The Labute approximate surface area is 175 Å². The van der Waals surface area contributed by atoms with Crippen molar-refractivity contribution in [3.05, 3.63) is 63.6 Å². The number of halogens is 2. The molecule has 1 saturated heterocycles. The maximum absolute atomic E-state index is 12.9. The van der Waals surface area contributed by atoms with Gasteiger partial charge in [-0.1, -0.05) is 41.4 Å². The molecule has 0 spiro atoms. The third-order valence-corrected chi connectivity index (χ3v) is 7.30. The number of nitrogens with zero attached hydrogens (tertiary/aromatic N) is 1. The first-order valence-corrected chi connectivity index (χ1v) is 11.4. The second-order valence-corrected chi connectivity index (χ2v) is 9.80. The molecule has 28 heavy (non-hydrogen) atoms. The van der Waals surface area contributed by atoms with Crippen LogP contribution in [0, 0.1) is 12.8 Å². The summed E-state index contributed by atoms with van der Waals surface area (Å²) in [6.07, 6.45) is 1.28. The Morgan fingerprint density at radius 3 is 2.54 bits per heavy atom. The molecule has 5 nitrogen and oxygen atoms in total. The van der Waals surface area contributed by atoms with Crippen LogP contribution in [0.4, 0.5) is 5.69 Å². The summed E-state index contributed by atoms with van der Waals surface area (Å²) < 4.78 is 27.2. The molecule has 0 aliphatic carbocycles. The monoisotopic (exact) mass is 440 g/mol. The smallest absolute Gasteiger partial charge is 0.228 e. The number of amides is 1. The van der Waals surface area contributed by atoms with E-state index in [1.807, 2.05) is 31.2 Å². The highest BCUT2D eigenvalue weighted by atomic mass is 35.5. The molecule has 0 aromatic heterocycles. The molecule has 3 rings (SSSR count). The predicted octanol–water partition coefficient (Wildman–Crippen LogP) is 4.48. The summed E-state index contributed by atoms with van der Waals surface area (Å²) >= 11 is 12.3. The van der Waals surface area contributed by atoms with E-state index in [-0.39, 0.29) is 18.2 Å². The number of anilines is 1. The van der Waals surface area contributed by atoms with Crippen LogP contribution in [0.2, 0.25) is 10.0 Å². The van der Waals surface area contributed by atoms with Crippen molar-refractivity contribution in [3.63, 3.8) is 0 Å². The van der Waals surface area contributed by atoms with Gasteiger partial charge in [-0.3, -0.25) is 4.79 Å². The minimum absolute atomic E-state index is 0.155. The summed E-state index contributed by atoms with van der Waals surface area (Å²) in [5, 5.41) is 3.53. The molecule has 1 unspecified atom stereocenters. The van der Waals surface area contributed by atoms with Crippen molar-refractivity contribution < 1.29 is 13.2 Å². The van der Waals surface area contributed by atoms with Gasteiger partial charge in [0.1, 0.15) is 0 Å². The van der Waals surface area contributed by atoms with Gasteiger partial charge in [0.2, 0.25) is 15.9 Å². The van der Waals surface area contributed by atoms with Crippen LogP contribution in [0.15, 0.2) is 42.5 Å². The van der Waals surface area contributed by atoms with E-state index < -0.39 is 15.9 Å². The molecule has 150 valence electrons. The summed E-state index contributed by atoms with van der Waals surface area (Å²) in [7, 11) is -3.64. The van der Waals surface area contributed by atoms with E-state index in [2.05, 4.69) is 5.32 Å². The molecule has 8 heteroatoms. The van der Waals surface area contributed by atoms with Crippen molar-refractivity contribution in [1.82, 2.24) is 4.31 Å². The fourth-order valence-corrected chi connectivity index (χ4v) is 5.68. The predicted molar refractivity (Wildman–Crippen MR) is 113 cm³/mol. The third kappa shape index (κ3) is 5.06. The van der Waals surface area contributed by atoms with Gasteiger partial charge in [0.15, 0.2) is 0 Å². The molecule has 2 aromatic carbocycles. The number of carbonyl (C=O) groups is 1. The fraction of sp³-hybridized carbons (Fsp3) is 0.350. The molecule has 0 saturated carbocycles. The fourth-order valence-electron chi connectivity index (χ4n) is 3.32. The first kappa shape index (κ1) is 21.1. The SMILES string of the molecule is Cc1cccc(NC(=O)C2CCCN(S(=O)(=O)Cc3c(Cl)cccc3Cl)C2)c1. The van der Waals surface area contributed by atoms with Gasteiger partial charge in [-0.05, 0) is 49.6 Å². The Balaban J connectivity index is 1.70. The van der Waals surface area contributed by atoms with Crippen molar-refractivity contribution >= 4 is 44.8 Å². The molecule has 2 aromatic rings. The minimum atomic E-state index is -3.64. The number of benzene rings is 2. The van der Waals surface area contributed by atoms with Gasteiger partial charge in [0.05, 0.1) is 11.7 Å². The molecule has 1 amide bonds. The van der Waals surface area contributed by atoms with Crippen LogP contribution in [0.25, 0.3) is 0 Å². The zero-order valence-corrected chi connectivity index (χ0v) is 17.8. The summed E-state index contributed by atoms with van der Waals surface area (Å²) in [4.78, 5) is 12.6. The lowest BCUT2D eigenvalue weighted by molar-refractivity contribution is -0.120. The Morgan fingerprint density at radius 2 is 1.86 bits per heavy atom. The van der Waals surface area contributed by atoms with Crippen LogP contribution in [-0.2, 0) is 20.6 Å². The lowest BCUT2D eigenvalue weighted by Crippen LogP contribution is -2.44. The van der Waals surface area contributed by atoms with E-state index in [4.69, 9.17) is 23.2 Å². The molecule has 0 radical (unpaired) electrons. The molecular weight excluding hydrogens is 419 g/mol. The highest BCUT2D eigenvalue weighted by Crippen LogP contribution is 2.29. The standard InChI is InChI=1S/C20H22Cl2N2O3S/c1-14-5-2-7-16(11-14)23-20(25)15-6-4-10-24(12-15)28(26,27)13-17-18(21)8-3-9-19(17)22/h2-3,5,7-9,11,15H,4,6,10,12-13H2,1H3,(H,23,25). The van der Waals surface area contributed by atoms with E-state index in [1.54, 1.807) is 18.2 Å². The molecule has 1 aliphatic rings. The Morgan fingerprint density at radius 1 is 1.18 bits per heavy atom. The average molecular weight is 441 g/mol. The van der Waals surface area contributed by atoms with E-state index >= 15 is 0 Å². The first-order valence-electron chi connectivity index (χ1n) is 9.04. The molecule has 0 bridgehead atoms. The lowest BCUT2D eigenvalue weighted by Gasteiger charge is -2.31. The Hall–Kier alpha value is -1.60. The van der Waals surface area contributed by atoms with Gasteiger partial charge in [0, 0.05) is 34.4 Å². The third-order valence-electron chi connectivity index (χ3n) is 4.82. The van der Waals surface area contributed by atoms with Gasteiger partial charge < -0.3 is 5.32 Å². The second-order valence-electron chi connectivity index (χ2n) is 7.01. The van der Waals surface area contributed by atoms with Crippen LogP contribution in [0.5, 0.6) is 0 Å². The molecule has 1 aliphatic heterocycles. The summed E-state index contributed by atoms with van der Waals surface area (Å²) in [6, 6.07) is 12.4. The molecule has 1 fully saturated rings. The lowest BCUT2D eigenvalue weighted by atomic mass is 9.98. The number of rotatable bonds is 5. The maximum Gasteiger partial charge on any atom is 0.228 e. The minimum Gasteiger partial charge on any atom is -0.326 e. The van der Waals surface area contributed by atoms with Crippen molar-refractivity contribution in [2.24, 2.45) is 5.92 Å². The Bertz CT molecular complexity index is 959. The van der Waals surface area contributed by atoms with Gasteiger partial charge in [0.25, 0.3) is 0 Å². The summed E-state index contributed by atoms with van der Waals surface area (Å²) in [5.74, 6) is -0.843. The molecule has 1 atom stereocenters. The number of piperidine rings is 1. The van der Waals surface area contributed by atoms with Crippen molar-refractivity contribution in [2.45, 2.75) is 25.5 Å². The van der Waals surface area contributed by atoms with Crippen LogP contribution < -0.4 is 5.32 Å². The van der Waals surface area contributed by atoms with Crippen molar-refractivity contribution in [3.8, 4) is 0 Å². The van der Waals surface area contributed by atoms with E-state index in [1.165, 1.54) is 4.31 Å². The molecule has 1 heterocycles. The van der Waals surface area contributed by atoms with Gasteiger partial charge in [-0.15, -0.1) is 0 Å². The van der Waals surface area contributed by atoms with Crippen LogP contribution in [-0.4, -0.2) is 31.7 Å². The van der Waals surface area contributed by atoms with E-state index in [0.29, 0.717) is 40.7 Å². The highest BCUT2D eigenvalue weighted by Gasteiger charge is 2.33. The van der Waals surface area contributed by atoms with Crippen LogP contribution in [0.1, 0.15) is 24.0 Å². The number of nitrogens with one attached hydrogen (secondary N) is 1. The number of hydrogen-bond donors (Lipinski definition) is 1. The Kier molecular flexibility index (Phi) is 6.65. The van der Waals surface area contributed by atoms with E-state index in [9.17, 15) is 13.2 Å². The maximum atomic E-state index is 12.9. The number of sulfonamides is 1. The normalized spacial score (nSPS) is 18.0. The van der Waals surface area contributed by atoms with Crippen LogP contribution in [0.3, 0.4) is 0 Å². The number of carbonyl (C=O) groups excluding carboxylic acids is 1. The largest absolute Gasteiger partial charge is 0.326 e. The van der Waals surface area contributed by atoms with Crippen molar-refractivity contribution in [1.29, 1.82) is 0 Å².